The van der Waals surface area contributed by atoms with Crippen LogP contribution >= 0.6 is 0 Å². The van der Waals surface area contributed by atoms with Gasteiger partial charge in [0.15, 0.2) is 0 Å². The summed E-state index contributed by atoms with van der Waals surface area (Å²) in [6, 6.07) is 7.78. The predicted molar refractivity (Wildman–Crippen MR) is 142 cm³/mol. The summed E-state index contributed by atoms with van der Waals surface area (Å²) in [5.41, 5.74) is 2.91. The third kappa shape index (κ3) is 5.98. The van der Waals surface area contributed by atoms with Gasteiger partial charge in [-0.25, -0.2) is 8.51 Å². The Balaban J connectivity index is 0.00000167. The number of carbonyl (C=O) groups is 1. The molecule has 7 nitrogen and oxygen atoms in total. The van der Waals surface area contributed by atoms with E-state index in [0.29, 0.717) is 6.54 Å². The zero-order valence-corrected chi connectivity index (χ0v) is 23.1. The minimum absolute atomic E-state index is 0.000513. The van der Waals surface area contributed by atoms with E-state index in [1.165, 1.54) is 0 Å². The molecule has 35 heavy (non-hydrogen) atoms. The molecule has 2 aromatic rings. The summed E-state index contributed by atoms with van der Waals surface area (Å²) in [5.74, 6) is 0.776. The lowest BCUT2D eigenvalue weighted by Crippen LogP contribution is -2.54. The Kier molecular flexibility index (Phi) is 9.18. The Hall–Kier alpha value is -2.16. The Morgan fingerprint density at radius 1 is 1.23 bits per heavy atom. The number of ether oxygens (including phenoxy) is 1. The summed E-state index contributed by atoms with van der Waals surface area (Å²) in [4.78, 5) is 14.0. The van der Waals surface area contributed by atoms with Crippen LogP contribution in [-0.2, 0) is 22.3 Å². The molecule has 1 saturated heterocycles. The maximum absolute atomic E-state index is 13.9. The molecule has 1 aromatic heterocycles. The third-order valence-corrected chi connectivity index (χ3v) is 8.88. The lowest BCUT2D eigenvalue weighted by Gasteiger charge is -2.40. The second-order valence-corrected chi connectivity index (χ2v) is 11.3. The third-order valence-electron chi connectivity index (χ3n) is 7.02. The van der Waals surface area contributed by atoms with Gasteiger partial charge < -0.3 is 19.9 Å². The molecule has 0 radical (unpaired) electrons. The fourth-order valence-electron chi connectivity index (χ4n) is 5.14. The van der Waals surface area contributed by atoms with Crippen molar-refractivity contribution in [3.63, 3.8) is 0 Å². The Morgan fingerprint density at radius 3 is 2.54 bits per heavy atom. The van der Waals surface area contributed by atoms with Crippen molar-refractivity contribution >= 4 is 16.9 Å². The summed E-state index contributed by atoms with van der Waals surface area (Å²) in [6.45, 7) is 15.5. The quantitative estimate of drug-likeness (QED) is 0.623. The summed E-state index contributed by atoms with van der Waals surface area (Å²) >= 11 is 0. The number of hydrogen-bond donors (Lipinski definition) is 2. The number of nitrogens with one attached hydrogen (secondary N) is 2. The molecule has 0 bridgehead atoms. The summed E-state index contributed by atoms with van der Waals surface area (Å²) in [6.07, 6.45) is 3.24. The number of nitrogens with zero attached hydrogens (tertiary/aromatic N) is 2. The average Bonchev–Trinajstić information content (AvgIpc) is 3.30. The number of carbonyl (C=O) groups excluding carboxylic acids is 1. The summed E-state index contributed by atoms with van der Waals surface area (Å²) in [7, 11) is 0.252. The molecule has 2 aliphatic heterocycles. The van der Waals surface area contributed by atoms with Crippen LogP contribution in [0.3, 0.4) is 0 Å². The first-order valence-corrected chi connectivity index (χ1v) is 13.8. The normalized spacial score (nSPS) is 22.4. The van der Waals surface area contributed by atoms with E-state index in [4.69, 9.17) is 4.74 Å². The Bertz CT molecular complexity index is 1030. The standard InChI is InChI=1S/C25H36N4O3S.C2H6/c1-17-13-19(32-5)14-18(2)24(17)33(31)29-12-11-28-10-6-7-20(28)21(29)15-23(30)27-22-8-9-26-16-25(22,3)4;1-2/h6-7,10,13-14,21-22,26H,8-9,11-12,15-16H2,1-5H3,(H,27,30);1-2H3. The minimum atomic E-state index is -1.39. The smallest absolute Gasteiger partial charge is 0.222 e. The molecule has 2 aliphatic rings. The highest BCUT2D eigenvalue weighted by Crippen LogP contribution is 2.35. The van der Waals surface area contributed by atoms with Gasteiger partial charge in [-0.15, -0.1) is 0 Å². The first-order chi connectivity index (χ1) is 16.7. The van der Waals surface area contributed by atoms with Gasteiger partial charge in [-0.2, -0.15) is 0 Å². The van der Waals surface area contributed by atoms with Gasteiger partial charge in [0, 0.05) is 44.0 Å². The zero-order chi connectivity index (χ0) is 25.8. The van der Waals surface area contributed by atoms with E-state index in [1.807, 2.05) is 62.5 Å². The van der Waals surface area contributed by atoms with Crippen molar-refractivity contribution in [3.05, 3.63) is 47.3 Å². The molecule has 8 heteroatoms. The van der Waals surface area contributed by atoms with Crippen molar-refractivity contribution < 1.29 is 13.7 Å². The summed E-state index contributed by atoms with van der Waals surface area (Å²) in [5, 5.41) is 6.70. The van der Waals surface area contributed by atoms with E-state index in [-0.39, 0.29) is 29.8 Å². The highest BCUT2D eigenvalue weighted by molar-refractivity contribution is 7.82. The molecule has 0 saturated carbocycles. The van der Waals surface area contributed by atoms with Gasteiger partial charge >= 0.3 is 0 Å². The van der Waals surface area contributed by atoms with Gasteiger partial charge in [0.25, 0.3) is 0 Å². The largest absolute Gasteiger partial charge is 0.497 e. The summed E-state index contributed by atoms with van der Waals surface area (Å²) < 4.78 is 23.5. The molecule has 3 unspecified atom stereocenters. The number of amides is 1. The molecular formula is C27H42N4O3S. The molecule has 4 rings (SSSR count). The fraction of sp³-hybridized carbons (Fsp3) is 0.593. The maximum Gasteiger partial charge on any atom is 0.222 e. The van der Waals surface area contributed by atoms with Crippen LogP contribution in [0.5, 0.6) is 5.75 Å². The van der Waals surface area contributed by atoms with Crippen molar-refractivity contribution in [1.29, 1.82) is 0 Å². The molecule has 3 heterocycles. The van der Waals surface area contributed by atoms with Crippen LogP contribution in [0.1, 0.15) is 63.4 Å². The van der Waals surface area contributed by atoms with Gasteiger partial charge in [0.2, 0.25) is 5.91 Å². The van der Waals surface area contributed by atoms with Crippen molar-refractivity contribution in [3.8, 4) is 5.75 Å². The van der Waals surface area contributed by atoms with Crippen molar-refractivity contribution in [2.75, 3.05) is 26.7 Å². The van der Waals surface area contributed by atoms with E-state index in [2.05, 4.69) is 29.0 Å². The lowest BCUT2D eigenvalue weighted by atomic mass is 9.80. The maximum atomic E-state index is 13.9. The monoisotopic (exact) mass is 502 g/mol. The topological polar surface area (TPSA) is 75.6 Å². The number of methoxy groups -OCH3 is 1. The van der Waals surface area contributed by atoms with Crippen molar-refractivity contribution in [2.45, 2.75) is 77.9 Å². The van der Waals surface area contributed by atoms with Gasteiger partial charge in [0.05, 0.1) is 18.0 Å². The second-order valence-electron chi connectivity index (χ2n) is 9.90. The van der Waals surface area contributed by atoms with Crippen LogP contribution in [0.25, 0.3) is 0 Å². The highest BCUT2D eigenvalue weighted by Gasteiger charge is 2.37. The van der Waals surface area contributed by atoms with Crippen molar-refractivity contribution in [1.82, 2.24) is 19.5 Å². The molecule has 2 N–H and O–H groups in total. The molecule has 0 aliphatic carbocycles. The molecule has 1 amide bonds. The predicted octanol–water partition coefficient (Wildman–Crippen LogP) is 4.11. The minimum Gasteiger partial charge on any atom is -0.497 e. The van der Waals surface area contributed by atoms with Crippen LogP contribution in [-0.4, -0.2) is 51.8 Å². The average molecular weight is 503 g/mol. The molecule has 1 fully saturated rings. The number of benzene rings is 1. The van der Waals surface area contributed by atoms with E-state index < -0.39 is 11.0 Å². The number of aryl methyl sites for hydroxylation is 2. The lowest BCUT2D eigenvalue weighted by molar-refractivity contribution is -0.124. The van der Waals surface area contributed by atoms with Crippen LogP contribution in [0.2, 0.25) is 0 Å². The number of fused-ring (bicyclic) bond motifs is 1. The highest BCUT2D eigenvalue weighted by atomic mass is 32.2. The van der Waals surface area contributed by atoms with Gasteiger partial charge in [0.1, 0.15) is 16.7 Å². The van der Waals surface area contributed by atoms with Gasteiger partial charge in [-0.3, -0.25) is 4.79 Å². The molecule has 0 spiro atoms. The van der Waals surface area contributed by atoms with Crippen LogP contribution in [0, 0.1) is 19.3 Å². The molecule has 1 aromatic carbocycles. The van der Waals surface area contributed by atoms with Crippen LogP contribution in [0.4, 0.5) is 0 Å². The SMILES string of the molecule is CC.COc1cc(C)c(S(=O)N2CCn3cccc3C2CC(=O)NC2CCNCC2(C)C)c(C)c1. The van der Waals surface area contributed by atoms with Gasteiger partial charge in [-0.1, -0.05) is 27.7 Å². The Labute approximate surface area is 213 Å². The number of hydrogen-bond acceptors (Lipinski definition) is 4. The zero-order valence-electron chi connectivity index (χ0n) is 22.3. The Morgan fingerprint density at radius 2 is 1.91 bits per heavy atom. The van der Waals surface area contributed by atoms with E-state index in [1.54, 1.807) is 7.11 Å². The molecular weight excluding hydrogens is 460 g/mol. The molecule has 3 atom stereocenters. The van der Waals surface area contributed by atoms with Crippen LogP contribution in [0.15, 0.2) is 35.4 Å². The number of rotatable bonds is 6. The number of aromatic nitrogens is 1. The second kappa shape index (κ2) is 11.7. The van der Waals surface area contributed by atoms with E-state index >= 15 is 0 Å². The van der Waals surface area contributed by atoms with E-state index in [9.17, 15) is 9.00 Å². The first-order valence-electron chi connectivity index (χ1n) is 12.7. The van der Waals surface area contributed by atoms with Crippen molar-refractivity contribution in [2.24, 2.45) is 5.41 Å². The fourth-order valence-corrected chi connectivity index (χ4v) is 6.70. The number of piperidine rings is 1. The van der Waals surface area contributed by atoms with E-state index in [0.717, 1.165) is 53.5 Å². The molecule has 194 valence electrons. The van der Waals surface area contributed by atoms with Gasteiger partial charge in [-0.05, 0) is 67.6 Å². The van der Waals surface area contributed by atoms with Crippen LogP contribution < -0.4 is 15.4 Å². The first kappa shape index (κ1) is 27.4.